The third-order valence-corrected chi connectivity index (χ3v) is 3.76. The zero-order valence-electron chi connectivity index (χ0n) is 12.3. The van der Waals surface area contributed by atoms with Crippen molar-refractivity contribution < 1.29 is 9.53 Å². The number of aromatic nitrogens is 2. The van der Waals surface area contributed by atoms with E-state index in [2.05, 4.69) is 9.97 Å². The molecule has 1 atom stereocenters. The summed E-state index contributed by atoms with van der Waals surface area (Å²) in [4.78, 5) is 30.5. The maximum atomic E-state index is 11.9. The van der Waals surface area contributed by atoms with Crippen molar-refractivity contribution in [1.82, 2.24) is 9.97 Å². The normalized spacial score (nSPS) is 12.2. The molecule has 1 rings (SSSR count). The Hall–Kier alpha value is -1.30. The van der Waals surface area contributed by atoms with Gasteiger partial charge in [0.25, 0.3) is 5.56 Å². The van der Waals surface area contributed by atoms with Crippen LogP contribution in [0.2, 0.25) is 0 Å². The van der Waals surface area contributed by atoms with Crippen LogP contribution in [-0.4, -0.2) is 27.8 Å². The monoisotopic (exact) mass is 298 g/mol. The van der Waals surface area contributed by atoms with Gasteiger partial charge in [-0.25, -0.2) is 4.98 Å². The third-order valence-electron chi connectivity index (χ3n) is 2.63. The van der Waals surface area contributed by atoms with Gasteiger partial charge in [0, 0.05) is 11.8 Å². The van der Waals surface area contributed by atoms with E-state index in [0.29, 0.717) is 18.2 Å². The second-order valence-electron chi connectivity index (χ2n) is 4.44. The van der Waals surface area contributed by atoms with Crippen molar-refractivity contribution in [1.29, 1.82) is 0 Å². The summed E-state index contributed by atoms with van der Waals surface area (Å²) in [5.41, 5.74) is 0.586. The highest BCUT2D eigenvalue weighted by Crippen LogP contribution is 2.24. The summed E-state index contributed by atoms with van der Waals surface area (Å²) in [5, 5.41) is 0.174. The molecule has 0 amide bonds. The standard InChI is InChI=1S/C14H22N2O3S/c1-4-7-10-9-12(17)16-14(15-10)20-11(8-5-2)13(18)19-6-3/h9,11H,4-8H2,1-3H3,(H,15,16,17). The minimum absolute atomic E-state index is 0.176. The molecule has 0 saturated carbocycles. The molecule has 0 aromatic carbocycles. The van der Waals surface area contributed by atoms with Crippen LogP contribution >= 0.6 is 11.8 Å². The molecule has 6 heteroatoms. The quantitative estimate of drug-likeness (QED) is 0.453. The van der Waals surface area contributed by atoms with Gasteiger partial charge in [0.2, 0.25) is 0 Å². The fraction of sp³-hybridized carbons (Fsp3) is 0.643. The first kappa shape index (κ1) is 16.8. The Balaban J connectivity index is 2.87. The van der Waals surface area contributed by atoms with Gasteiger partial charge in [-0.3, -0.25) is 9.59 Å². The van der Waals surface area contributed by atoms with Gasteiger partial charge in [0.1, 0.15) is 5.25 Å². The van der Waals surface area contributed by atoms with E-state index >= 15 is 0 Å². The minimum atomic E-state index is -0.319. The average Bonchev–Trinajstić information content (AvgIpc) is 2.38. The van der Waals surface area contributed by atoms with Crippen molar-refractivity contribution in [3.05, 3.63) is 22.1 Å². The highest BCUT2D eigenvalue weighted by molar-refractivity contribution is 8.00. The molecule has 0 aliphatic rings. The number of nitrogens with zero attached hydrogens (tertiary/aromatic N) is 1. The second kappa shape index (κ2) is 8.79. The number of ether oxygens (including phenoxy) is 1. The second-order valence-corrected chi connectivity index (χ2v) is 5.63. The Morgan fingerprint density at radius 1 is 1.40 bits per heavy atom. The summed E-state index contributed by atoms with van der Waals surface area (Å²) in [7, 11) is 0. The molecule has 0 bridgehead atoms. The van der Waals surface area contributed by atoms with E-state index in [1.54, 1.807) is 6.92 Å². The van der Waals surface area contributed by atoms with Gasteiger partial charge in [-0.05, 0) is 19.8 Å². The molecule has 0 aliphatic heterocycles. The van der Waals surface area contributed by atoms with E-state index < -0.39 is 0 Å². The first-order valence-electron chi connectivity index (χ1n) is 7.04. The van der Waals surface area contributed by atoms with Gasteiger partial charge in [-0.15, -0.1) is 0 Å². The van der Waals surface area contributed by atoms with E-state index in [-0.39, 0.29) is 16.8 Å². The fourth-order valence-corrected chi connectivity index (χ4v) is 2.90. The van der Waals surface area contributed by atoms with E-state index in [4.69, 9.17) is 4.74 Å². The average molecular weight is 298 g/mol. The first-order valence-corrected chi connectivity index (χ1v) is 7.92. The number of carbonyl (C=O) groups is 1. The third kappa shape index (κ3) is 5.36. The molecule has 5 nitrogen and oxygen atoms in total. The zero-order valence-corrected chi connectivity index (χ0v) is 13.1. The van der Waals surface area contributed by atoms with Crippen molar-refractivity contribution >= 4 is 17.7 Å². The Labute approximate surface area is 123 Å². The predicted octanol–water partition coefficient (Wildman–Crippen LogP) is 2.55. The maximum absolute atomic E-state index is 11.9. The number of hydrogen-bond acceptors (Lipinski definition) is 5. The lowest BCUT2D eigenvalue weighted by Crippen LogP contribution is -2.21. The summed E-state index contributed by atoms with van der Waals surface area (Å²) >= 11 is 1.27. The SMILES string of the molecule is CCCc1cc(=O)[nH]c(SC(CCC)C(=O)OCC)n1. The number of thioether (sulfide) groups is 1. The minimum Gasteiger partial charge on any atom is -0.465 e. The van der Waals surface area contributed by atoms with Crippen LogP contribution < -0.4 is 5.56 Å². The highest BCUT2D eigenvalue weighted by atomic mass is 32.2. The largest absolute Gasteiger partial charge is 0.465 e. The van der Waals surface area contributed by atoms with E-state index in [1.165, 1.54) is 17.8 Å². The van der Waals surface area contributed by atoms with Crippen LogP contribution in [0.3, 0.4) is 0 Å². The van der Waals surface area contributed by atoms with Crippen LogP contribution in [-0.2, 0) is 16.0 Å². The molecule has 0 saturated heterocycles. The topological polar surface area (TPSA) is 72.0 Å². The molecule has 1 aromatic rings. The number of hydrogen-bond donors (Lipinski definition) is 1. The summed E-state index contributed by atoms with van der Waals surface area (Å²) in [6.45, 7) is 6.19. The molecule has 0 spiro atoms. The Morgan fingerprint density at radius 2 is 2.15 bits per heavy atom. The summed E-state index contributed by atoms with van der Waals surface area (Å²) in [5.74, 6) is -0.247. The van der Waals surface area contributed by atoms with Crippen LogP contribution in [0.25, 0.3) is 0 Å². The van der Waals surface area contributed by atoms with Crippen molar-refractivity contribution in [2.75, 3.05) is 6.61 Å². The van der Waals surface area contributed by atoms with Crippen LogP contribution in [0.4, 0.5) is 0 Å². The number of nitrogens with one attached hydrogen (secondary N) is 1. The molecule has 112 valence electrons. The molecule has 1 N–H and O–H groups in total. The molecule has 1 aromatic heterocycles. The van der Waals surface area contributed by atoms with Gasteiger partial charge in [0.15, 0.2) is 5.16 Å². The number of aryl methyl sites for hydroxylation is 1. The van der Waals surface area contributed by atoms with Gasteiger partial charge in [0.05, 0.1) is 6.61 Å². The lowest BCUT2D eigenvalue weighted by molar-refractivity contribution is -0.142. The van der Waals surface area contributed by atoms with E-state index in [9.17, 15) is 9.59 Å². The maximum Gasteiger partial charge on any atom is 0.319 e. The molecule has 0 radical (unpaired) electrons. The summed E-state index contributed by atoms with van der Waals surface area (Å²) < 4.78 is 5.06. The smallest absolute Gasteiger partial charge is 0.319 e. The van der Waals surface area contributed by atoms with Crippen LogP contribution in [0.15, 0.2) is 16.0 Å². The Morgan fingerprint density at radius 3 is 2.75 bits per heavy atom. The summed E-state index contributed by atoms with van der Waals surface area (Å²) in [6, 6.07) is 1.51. The number of H-pyrrole nitrogens is 1. The number of esters is 1. The van der Waals surface area contributed by atoms with Crippen molar-refractivity contribution in [2.45, 2.75) is 56.9 Å². The Kier molecular flexibility index (Phi) is 7.36. The molecule has 0 fully saturated rings. The molecule has 20 heavy (non-hydrogen) atoms. The summed E-state index contributed by atoms with van der Waals surface area (Å²) in [6.07, 6.45) is 3.26. The zero-order chi connectivity index (χ0) is 15.0. The van der Waals surface area contributed by atoms with E-state index in [1.807, 2.05) is 13.8 Å². The van der Waals surface area contributed by atoms with E-state index in [0.717, 1.165) is 25.0 Å². The predicted molar refractivity (Wildman–Crippen MR) is 80.0 cm³/mol. The molecular formula is C14H22N2O3S. The molecular weight excluding hydrogens is 276 g/mol. The molecule has 1 unspecified atom stereocenters. The number of rotatable bonds is 8. The number of carbonyl (C=O) groups excluding carboxylic acids is 1. The van der Waals surface area contributed by atoms with Gasteiger partial charge >= 0.3 is 5.97 Å². The van der Waals surface area contributed by atoms with Crippen LogP contribution in [0, 0.1) is 0 Å². The molecule has 0 aliphatic carbocycles. The van der Waals surface area contributed by atoms with Gasteiger partial charge < -0.3 is 9.72 Å². The van der Waals surface area contributed by atoms with Crippen LogP contribution in [0.5, 0.6) is 0 Å². The van der Waals surface area contributed by atoms with Gasteiger partial charge in [-0.2, -0.15) is 0 Å². The van der Waals surface area contributed by atoms with Crippen molar-refractivity contribution in [2.24, 2.45) is 0 Å². The van der Waals surface area contributed by atoms with Crippen molar-refractivity contribution in [3.8, 4) is 0 Å². The molecule has 1 heterocycles. The Bertz CT molecular complexity index is 488. The highest BCUT2D eigenvalue weighted by Gasteiger charge is 2.21. The lowest BCUT2D eigenvalue weighted by Gasteiger charge is -2.13. The number of aromatic amines is 1. The van der Waals surface area contributed by atoms with Crippen LogP contribution in [0.1, 0.15) is 45.7 Å². The van der Waals surface area contributed by atoms with Gasteiger partial charge in [-0.1, -0.05) is 38.5 Å². The first-order chi connectivity index (χ1) is 9.60. The van der Waals surface area contributed by atoms with Crippen molar-refractivity contribution in [3.63, 3.8) is 0 Å². The lowest BCUT2D eigenvalue weighted by atomic mass is 10.2. The fourth-order valence-electron chi connectivity index (χ4n) is 1.78.